The van der Waals surface area contributed by atoms with Gasteiger partial charge in [0.2, 0.25) is 0 Å². The molecule has 0 radical (unpaired) electrons. The third kappa shape index (κ3) is 4.42. The molecule has 17 heavy (non-hydrogen) atoms. The van der Waals surface area contributed by atoms with Crippen molar-refractivity contribution in [1.29, 1.82) is 0 Å². The lowest BCUT2D eigenvalue weighted by atomic mass is 10.0. The van der Waals surface area contributed by atoms with Crippen LogP contribution in [0, 0.1) is 0 Å². The van der Waals surface area contributed by atoms with Gasteiger partial charge in [0.25, 0.3) is 0 Å². The van der Waals surface area contributed by atoms with Crippen molar-refractivity contribution in [1.82, 2.24) is 5.32 Å². The molecule has 0 saturated carbocycles. The Morgan fingerprint density at radius 1 is 1.18 bits per heavy atom. The summed E-state index contributed by atoms with van der Waals surface area (Å²) in [5, 5.41) is 28.8. The largest absolute Gasteiger partial charge is 0.465 e. The molecule has 4 N–H and O–H groups in total. The molecule has 0 aliphatic rings. The Morgan fingerprint density at radius 3 is 2.47 bits per heavy atom. The number of aryl methyl sites for hydroxylation is 1. The Bertz CT molecular complexity index is 379. The average Bonchev–Trinajstić information content (AvgIpc) is 2.34. The molecule has 0 aliphatic carbocycles. The van der Waals surface area contributed by atoms with Crippen molar-refractivity contribution in [3.05, 3.63) is 34.9 Å². The molecule has 0 heterocycles. The number of hydrogen-bond acceptors (Lipinski definition) is 3. The van der Waals surface area contributed by atoms with E-state index in [0.29, 0.717) is 13.0 Å². The quantitative estimate of drug-likeness (QED) is 0.554. The first-order chi connectivity index (χ1) is 8.17. The highest BCUT2D eigenvalue weighted by Gasteiger charge is 2.02. The summed E-state index contributed by atoms with van der Waals surface area (Å²) in [5.74, 6) is 0. The van der Waals surface area contributed by atoms with Crippen LogP contribution in [-0.2, 0) is 19.6 Å². The molecule has 0 saturated heterocycles. The molecule has 1 rings (SSSR count). The highest BCUT2D eigenvalue weighted by molar-refractivity contribution is 5.64. The second-order valence-electron chi connectivity index (χ2n) is 3.75. The number of carbonyl (C=O) groups is 1. The van der Waals surface area contributed by atoms with Gasteiger partial charge in [0.1, 0.15) is 0 Å². The Kier molecular flexibility index (Phi) is 5.45. The van der Waals surface area contributed by atoms with Crippen molar-refractivity contribution in [2.75, 3.05) is 6.54 Å². The smallest absolute Gasteiger partial charge is 0.404 e. The van der Waals surface area contributed by atoms with Crippen LogP contribution in [0.2, 0.25) is 0 Å². The highest BCUT2D eigenvalue weighted by atomic mass is 16.4. The van der Waals surface area contributed by atoms with E-state index in [4.69, 9.17) is 15.3 Å². The minimum atomic E-state index is -1.02. The molecule has 5 nitrogen and oxygen atoms in total. The van der Waals surface area contributed by atoms with Gasteiger partial charge in [-0.05, 0) is 29.5 Å². The van der Waals surface area contributed by atoms with Gasteiger partial charge in [0.15, 0.2) is 0 Å². The number of amides is 1. The van der Waals surface area contributed by atoms with Gasteiger partial charge in [0, 0.05) is 6.54 Å². The molecule has 1 aromatic rings. The molecule has 0 bridgehead atoms. The summed E-state index contributed by atoms with van der Waals surface area (Å²) in [7, 11) is 0. The Balaban J connectivity index is 2.51. The number of hydrogen-bond donors (Lipinski definition) is 4. The number of rotatable bonds is 6. The van der Waals surface area contributed by atoms with E-state index >= 15 is 0 Å². The van der Waals surface area contributed by atoms with Gasteiger partial charge in [-0.3, -0.25) is 0 Å². The summed E-state index contributed by atoms with van der Waals surface area (Å²) in [6.45, 7) is 0.222. The summed E-state index contributed by atoms with van der Waals surface area (Å²) in [5.41, 5.74) is 2.47. The molecule has 1 amide bonds. The minimum Gasteiger partial charge on any atom is -0.465 e. The maximum atomic E-state index is 10.2. The molecule has 0 spiro atoms. The van der Waals surface area contributed by atoms with Gasteiger partial charge in [-0.25, -0.2) is 4.79 Å². The van der Waals surface area contributed by atoms with Gasteiger partial charge in [-0.1, -0.05) is 18.2 Å². The van der Waals surface area contributed by atoms with Gasteiger partial charge >= 0.3 is 6.09 Å². The van der Waals surface area contributed by atoms with Crippen molar-refractivity contribution in [2.45, 2.75) is 26.1 Å². The van der Waals surface area contributed by atoms with E-state index in [0.717, 1.165) is 23.1 Å². The van der Waals surface area contributed by atoms with E-state index in [1.807, 2.05) is 12.1 Å². The van der Waals surface area contributed by atoms with E-state index < -0.39 is 6.09 Å². The van der Waals surface area contributed by atoms with Crippen molar-refractivity contribution >= 4 is 6.09 Å². The number of nitrogens with one attached hydrogen (secondary N) is 1. The van der Waals surface area contributed by atoms with Crippen molar-refractivity contribution in [2.24, 2.45) is 0 Å². The molecule has 0 aromatic heterocycles. The average molecular weight is 239 g/mol. The SMILES string of the molecule is O=C(O)NCCCc1ccc(CO)c(CO)c1. The summed E-state index contributed by atoms with van der Waals surface area (Å²) >= 11 is 0. The van der Waals surface area contributed by atoms with Gasteiger partial charge < -0.3 is 20.6 Å². The summed E-state index contributed by atoms with van der Waals surface area (Å²) in [4.78, 5) is 10.2. The first kappa shape index (κ1) is 13.5. The Labute approximate surface area is 99.7 Å². The normalized spacial score (nSPS) is 10.2. The highest BCUT2D eigenvalue weighted by Crippen LogP contribution is 2.13. The van der Waals surface area contributed by atoms with E-state index in [1.165, 1.54) is 0 Å². The summed E-state index contributed by atoms with van der Waals surface area (Å²) in [6, 6.07) is 5.50. The molecule has 0 aliphatic heterocycles. The van der Waals surface area contributed by atoms with Crippen LogP contribution in [0.4, 0.5) is 4.79 Å². The second kappa shape index (κ2) is 6.88. The maximum absolute atomic E-state index is 10.2. The molecule has 1 aromatic carbocycles. The topological polar surface area (TPSA) is 89.8 Å². The molecule has 5 heteroatoms. The molecule has 0 atom stereocenters. The van der Waals surface area contributed by atoms with Crippen LogP contribution in [0.3, 0.4) is 0 Å². The number of carboxylic acid groups (broad SMARTS) is 1. The van der Waals surface area contributed by atoms with Crippen LogP contribution in [-0.4, -0.2) is 28.0 Å². The van der Waals surface area contributed by atoms with E-state index in [1.54, 1.807) is 6.07 Å². The van der Waals surface area contributed by atoms with Crippen molar-refractivity contribution in [3.63, 3.8) is 0 Å². The standard InChI is InChI=1S/C12H17NO4/c14-7-10-4-3-9(6-11(10)8-15)2-1-5-13-12(16)17/h3-4,6,13-15H,1-2,5,7-8H2,(H,16,17). The van der Waals surface area contributed by atoms with E-state index in [-0.39, 0.29) is 13.2 Å². The fraction of sp³-hybridized carbons (Fsp3) is 0.417. The van der Waals surface area contributed by atoms with Crippen molar-refractivity contribution in [3.8, 4) is 0 Å². The minimum absolute atomic E-state index is 0.0866. The third-order valence-electron chi connectivity index (χ3n) is 2.53. The molecular weight excluding hydrogens is 222 g/mol. The Hall–Kier alpha value is -1.59. The third-order valence-corrected chi connectivity index (χ3v) is 2.53. The zero-order valence-corrected chi connectivity index (χ0v) is 9.52. The van der Waals surface area contributed by atoms with Crippen LogP contribution in [0.5, 0.6) is 0 Å². The zero-order valence-electron chi connectivity index (χ0n) is 9.52. The van der Waals surface area contributed by atoms with Gasteiger partial charge in [-0.2, -0.15) is 0 Å². The summed E-state index contributed by atoms with van der Waals surface area (Å²) in [6.07, 6.45) is 0.422. The lowest BCUT2D eigenvalue weighted by Crippen LogP contribution is -2.22. The van der Waals surface area contributed by atoms with E-state index in [2.05, 4.69) is 5.32 Å². The van der Waals surface area contributed by atoms with Crippen molar-refractivity contribution < 1.29 is 20.1 Å². The maximum Gasteiger partial charge on any atom is 0.404 e. The van der Waals surface area contributed by atoms with Gasteiger partial charge in [-0.15, -0.1) is 0 Å². The van der Waals surface area contributed by atoms with E-state index in [9.17, 15) is 4.79 Å². The first-order valence-electron chi connectivity index (χ1n) is 5.46. The molecular formula is C12H17NO4. The number of benzene rings is 1. The Morgan fingerprint density at radius 2 is 1.88 bits per heavy atom. The molecule has 0 unspecified atom stereocenters. The lowest BCUT2D eigenvalue weighted by molar-refractivity contribution is 0.194. The fourth-order valence-electron chi connectivity index (χ4n) is 1.62. The number of aliphatic hydroxyl groups excluding tert-OH is 2. The zero-order chi connectivity index (χ0) is 12.7. The summed E-state index contributed by atoms with van der Waals surface area (Å²) < 4.78 is 0. The van der Waals surface area contributed by atoms with Gasteiger partial charge in [0.05, 0.1) is 13.2 Å². The second-order valence-corrected chi connectivity index (χ2v) is 3.75. The van der Waals surface area contributed by atoms with Crippen LogP contribution >= 0.6 is 0 Å². The lowest BCUT2D eigenvalue weighted by Gasteiger charge is -2.08. The fourth-order valence-corrected chi connectivity index (χ4v) is 1.62. The predicted octanol–water partition coefficient (Wildman–Crippen LogP) is 0.871. The molecule has 0 fully saturated rings. The van der Waals surface area contributed by atoms with Crippen LogP contribution in [0.25, 0.3) is 0 Å². The van der Waals surface area contributed by atoms with Crippen LogP contribution in [0.15, 0.2) is 18.2 Å². The first-order valence-corrected chi connectivity index (χ1v) is 5.46. The predicted molar refractivity (Wildman–Crippen MR) is 62.6 cm³/mol. The monoisotopic (exact) mass is 239 g/mol. The van der Waals surface area contributed by atoms with Crippen LogP contribution < -0.4 is 5.32 Å². The van der Waals surface area contributed by atoms with Crippen LogP contribution in [0.1, 0.15) is 23.1 Å². The molecule has 94 valence electrons. The number of aliphatic hydroxyl groups is 2.